The van der Waals surface area contributed by atoms with E-state index < -0.39 is 0 Å². The molecule has 0 aliphatic heterocycles. The Morgan fingerprint density at radius 3 is 2.30 bits per heavy atom. The number of aryl methyl sites for hydroxylation is 1. The second kappa shape index (κ2) is 6.95. The van der Waals surface area contributed by atoms with Crippen LogP contribution in [0, 0.1) is 6.92 Å². The summed E-state index contributed by atoms with van der Waals surface area (Å²) in [6, 6.07) is 10.3. The normalized spacial score (nSPS) is 12.3. The van der Waals surface area contributed by atoms with E-state index in [-0.39, 0.29) is 4.83 Å². The lowest BCUT2D eigenvalue weighted by atomic mass is 10.0. The van der Waals surface area contributed by atoms with Crippen LogP contribution in [-0.2, 0) is 0 Å². The van der Waals surface area contributed by atoms with Gasteiger partial charge in [-0.25, -0.2) is 0 Å². The summed E-state index contributed by atoms with van der Waals surface area (Å²) in [5.41, 5.74) is 3.44. The number of benzene rings is 2. The van der Waals surface area contributed by atoms with Gasteiger partial charge in [-0.15, -0.1) is 0 Å². The minimum Gasteiger partial charge on any atom is -0.496 e. The monoisotopic (exact) mass is 524 g/mol. The van der Waals surface area contributed by atoms with Gasteiger partial charge in [0.25, 0.3) is 0 Å². The number of hydrogen-bond donors (Lipinski definition) is 0. The summed E-state index contributed by atoms with van der Waals surface area (Å²) in [6.45, 7) is 2.07. The first kappa shape index (κ1) is 16.5. The Morgan fingerprint density at radius 1 is 0.950 bits per heavy atom. The van der Waals surface area contributed by atoms with Crippen molar-refractivity contribution in [1.29, 1.82) is 0 Å². The zero-order valence-corrected chi connectivity index (χ0v) is 17.2. The van der Waals surface area contributed by atoms with E-state index in [1.54, 1.807) is 7.11 Å². The minimum absolute atomic E-state index is 0.0526. The maximum atomic E-state index is 5.48. The zero-order chi connectivity index (χ0) is 14.9. The first-order valence-electron chi connectivity index (χ1n) is 5.87. The van der Waals surface area contributed by atoms with Crippen molar-refractivity contribution in [1.82, 2.24) is 0 Å². The van der Waals surface area contributed by atoms with E-state index in [1.165, 1.54) is 5.56 Å². The van der Waals surface area contributed by atoms with Gasteiger partial charge in [-0.05, 0) is 42.3 Å². The van der Waals surface area contributed by atoms with E-state index >= 15 is 0 Å². The molecule has 0 N–H and O–H groups in total. The van der Waals surface area contributed by atoms with Gasteiger partial charge in [0, 0.05) is 19.0 Å². The average Bonchev–Trinajstić information content (AvgIpc) is 2.42. The summed E-state index contributed by atoms with van der Waals surface area (Å²) < 4.78 is 8.65. The van der Waals surface area contributed by atoms with Gasteiger partial charge >= 0.3 is 0 Å². The number of hydrogen-bond acceptors (Lipinski definition) is 1. The van der Waals surface area contributed by atoms with E-state index in [9.17, 15) is 0 Å². The molecule has 0 radical (unpaired) electrons. The summed E-state index contributed by atoms with van der Waals surface area (Å²) in [6.07, 6.45) is 0. The van der Waals surface area contributed by atoms with Gasteiger partial charge in [0.15, 0.2) is 0 Å². The Balaban J connectivity index is 2.51. The molecule has 1 atom stereocenters. The quantitative estimate of drug-likeness (QED) is 0.400. The fourth-order valence-corrected chi connectivity index (χ4v) is 4.37. The largest absolute Gasteiger partial charge is 0.496 e. The second-order valence-corrected chi connectivity index (χ2v) is 7.91. The molecule has 5 heteroatoms. The fourth-order valence-electron chi connectivity index (χ4n) is 1.92. The molecule has 0 fully saturated rings. The summed E-state index contributed by atoms with van der Waals surface area (Å²) in [5, 5.41) is 0. The second-order valence-electron chi connectivity index (χ2n) is 4.37. The SMILES string of the molecule is COc1cc(Br)ccc1C(Br)c1cc(Br)c(C)cc1Br. The van der Waals surface area contributed by atoms with Gasteiger partial charge < -0.3 is 4.74 Å². The highest BCUT2D eigenvalue weighted by molar-refractivity contribution is 9.11. The van der Waals surface area contributed by atoms with Crippen molar-refractivity contribution in [3.63, 3.8) is 0 Å². The molecule has 2 rings (SSSR count). The maximum Gasteiger partial charge on any atom is 0.124 e. The molecule has 20 heavy (non-hydrogen) atoms. The van der Waals surface area contributed by atoms with Crippen LogP contribution in [0.15, 0.2) is 43.7 Å². The Labute approximate surface area is 152 Å². The van der Waals surface area contributed by atoms with Crippen molar-refractivity contribution >= 4 is 63.7 Å². The Morgan fingerprint density at radius 2 is 1.65 bits per heavy atom. The van der Waals surface area contributed by atoms with Gasteiger partial charge in [0.05, 0.1) is 11.9 Å². The average molecular weight is 528 g/mol. The van der Waals surface area contributed by atoms with Gasteiger partial charge in [-0.2, -0.15) is 0 Å². The molecule has 2 aromatic carbocycles. The predicted octanol–water partition coefficient (Wildman–Crippen LogP) is 6.78. The lowest BCUT2D eigenvalue weighted by Crippen LogP contribution is -1.99. The summed E-state index contributed by atoms with van der Waals surface area (Å²) >= 11 is 14.5. The molecule has 0 aromatic heterocycles. The number of halogens is 4. The molecular formula is C15H12Br4O. The standard InChI is InChI=1S/C15H12Br4O/c1-8-5-13(18)11(7-12(8)17)15(19)10-4-3-9(16)6-14(10)20-2/h3-7,15H,1-2H3. The molecule has 2 aromatic rings. The first-order valence-corrected chi connectivity index (χ1v) is 9.16. The summed E-state index contributed by atoms with van der Waals surface area (Å²) in [5.74, 6) is 0.852. The van der Waals surface area contributed by atoms with Crippen LogP contribution < -0.4 is 4.74 Å². The van der Waals surface area contributed by atoms with Crippen molar-refractivity contribution in [2.45, 2.75) is 11.8 Å². The maximum absolute atomic E-state index is 5.48. The molecule has 0 aliphatic rings. The van der Waals surface area contributed by atoms with Gasteiger partial charge in [-0.1, -0.05) is 69.8 Å². The van der Waals surface area contributed by atoms with Crippen LogP contribution >= 0.6 is 63.7 Å². The van der Waals surface area contributed by atoms with Crippen molar-refractivity contribution in [3.05, 3.63) is 60.4 Å². The van der Waals surface area contributed by atoms with Crippen LogP contribution in [0.3, 0.4) is 0 Å². The molecule has 106 valence electrons. The van der Waals surface area contributed by atoms with E-state index in [0.29, 0.717) is 0 Å². The smallest absolute Gasteiger partial charge is 0.124 e. The van der Waals surface area contributed by atoms with Crippen LogP contribution in [-0.4, -0.2) is 7.11 Å². The van der Waals surface area contributed by atoms with E-state index in [4.69, 9.17) is 4.74 Å². The molecule has 0 bridgehead atoms. The number of methoxy groups -OCH3 is 1. The Hall–Kier alpha value is 0.160. The van der Waals surface area contributed by atoms with Crippen LogP contribution in [0.5, 0.6) is 5.75 Å². The van der Waals surface area contributed by atoms with Crippen molar-refractivity contribution in [2.75, 3.05) is 7.11 Å². The molecule has 1 unspecified atom stereocenters. The van der Waals surface area contributed by atoms with E-state index in [1.807, 2.05) is 12.1 Å². The Bertz CT molecular complexity index is 640. The highest BCUT2D eigenvalue weighted by Gasteiger charge is 2.19. The highest BCUT2D eigenvalue weighted by atomic mass is 79.9. The first-order chi connectivity index (χ1) is 9.43. The predicted molar refractivity (Wildman–Crippen MR) is 98.0 cm³/mol. The molecule has 0 heterocycles. The third kappa shape index (κ3) is 3.49. The number of rotatable bonds is 3. The Kier molecular flexibility index (Phi) is 5.74. The molecular weight excluding hydrogens is 516 g/mol. The van der Waals surface area contributed by atoms with Crippen LogP contribution in [0.4, 0.5) is 0 Å². The van der Waals surface area contributed by atoms with Crippen LogP contribution in [0.2, 0.25) is 0 Å². The topological polar surface area (TPSA) is 9.23 Å². The van der Waals surface area contributed by atoms with E-state index in [0.717, 1.165) is 30.3 Å². The van der Waals surface area contributed by atoms with Crippen LogP contribution in [0.1, 0.15) is 21.5 Å². The van der Waals surface area contributed by atoms with Gasteiger partial charge in [0.1, 0.15) is 5.75 Å². The third-order valence-electron chi connectivity index (χ3n) is 3.02. The lowest BCUT2D eigenvalue weighted by molar-refractivity contribution is 0.410. The number of alkyl halides is 1. The summed E-state index contributed by atoms with van der Waals surface area (Å²) in [7, 11) is 1.69. The van der Waals surface area contributed by atoms with E-state index in [2.05, 4.69) is 88.8 Å². The molecule has 0 amide bonds. The molecule has 0 spiro atoms. The van der Waals surface area contributed by atoms with Gasteiger partial charge in [0.2, 0.25) is 0 Å². The molecule has 0 saturated heterocycles. The van der Waals surface area contributed by atoms with Crippen molar-refractivity contribution in [3.8, 4) is 5.75 Å². The molecule has 0 aliphatic carbocycles. The van der Waals surface area contributed by atoms with Crippen molar-refractivity contribution in [2.24, 2.45) is 0 Å². The minimum atomic E-state index is 0.0526. The fraction of sp³-hybridized carbons (Fsp3) is 0.200. The number of ether oxygens (including phenoxy) is 1. The summed E-state index contributed by atoms with van der Waals surface area (Å²) in [4.78, 5) is 0.0526. The van der Waals surface area contributed by atoms with Gasteiger partial charge in [-0.3, -0.25) is 0 Å². The zero-order valence-electron chi connectivity index (χ0n) is 10.9. The molecule has 0 saturated carbocycles. The third-order valence-corrected chi connectivity index (χ3v) is 6.04. The molecule has 1 nitrogen and oxygen atoms in total. The highest BCUT2D eigenvalue weighted by Crippen LogP contribution is 2.42. The van der Waals surface area contributed by atoms with Crippen LogP contribution in [0.25, 0.3) is 0 Å². The van der Waals surface area contributed by atoms with Crippen molar-refractivity contribution < 1.29 is 4.74 Å². The lowest BCUT2D eigenvalue weighted by Gasteiger charge is -2.17.